The highest BCUT2D eigenvalue weighted by molar-refractivity contribution is 7.80. The van der Waals surface area contributed by atoms with E-state index >= 15 is 0 Å². The van der Waals surface area contributed by atoms with Crippen LogP contribution in [0.3, 0.4) is 0 Å². The number of hydrogen-bond donors (Lipinski definition) is 3. The van der Waals surface area contributed by atoms with Crippen molar-refractivity contribution in [3.8, 4) is 0 Å². The Morgan fingerprint density at radius 3 is 2.61 bits per heavy atom. The largest absolute Gasteiger partial charge is 0.361 e. The Morgan fingerprint density at radius 1 is 1.11 bits per heavy atom. The zero-order valence-corrected chi connectivity index (χ0v) is 16.8. The Balaban J connectivity index is 1.52. The Bertz CT molecular complexity index is 951. The molecule has 0 saturated carbocycles. The van der Waals surface area contributed by atoms with Gasteiger partial charge in [-0.05, 0) is 54.4 Å². The van der Waals surface area contributed by atoms with Gasteiger partial charge in [0.2, 0.25) is 0 Å². The van der Waals surface area contributed by atoms with Crippen molar-refractivity contribution in [1.29, 1.82) is 0 Å². The lowest BCUT2D eigenvalue weighted by atomic mass is 10.1. The third-order valence-electron chi connectivity index (χ3n) is 4.27. The van der Waals surface area contributed by atoms with E-state index in [0.717, 1.165) is 29.6 Å². The summed E-state index contributed by atoms with van der Waals surface area (Å²) >= 11 is 5.15. The van der Waals surface area contributed by atoms with E-state index in [1.807, 2.05) is 41.1 Å². The van der Waals surface area contributed by atoms with E-state index in [1.54, 1.807) is 12.1 Å². The van der Waals surface area contributed by atoms with Gasteiger partial charge in [-0.2, -0.15) is 0 Å². The maximum atomic E-state index is 12.2. The number of fused-ring (bicyclic) bond motifs is 1. The minimum absolute atomic E-state index is 0.245. The Kier molecular flexibility index (Phi) is 6.54. The number of para-hydroxylation sites is 1. The molecule has 1 amide bonds. The molecular weight excluding hydrogens is 372 g/mol. The number of carbonyl (C=O) groups excluding carboxylic acids is 1. The summed E-state index contributed by atoms with van der Waals surface area (Å²) in [5.41, 5.74) is 8.75. The summed E-state index contributed by atoms with van der Waals surface area (Å²) in [7, 11) is 0. The molecule has 146 valence electrons. The third kappa shape index (κ3) is 5.26. The molecule has 0 aliphatic carbocycles. The van der Waals surface area contributed by atoms with E-state index in [0.29, 0.717) is 23.1 Å². The number of nitrogens with zero attached hydrogens (tertiary/aromatic N) is 3. The highest BCUT2D eigenvalue weighted by atomic mass is 32.1. The molecule has 0 radical (unpaired) electrons. The molecule has 0 spiro atoms. The predicted molar refractivity (Wildman–Crippen MR) is 114 cm³/mol. The van der Waals surface area contributed by atoms with Crippen molar-refractivity contribution in [1.82, 2.24) is 31.2 Å². The number of nitrogens with one attached hydrogen (secondary N) is 3. The SMILES string of the molecule is CC(C)CCNC(=S)NNC(=O)c1ccc(Cn2nnc3ccccc32)cc1. The van der Waals surface area contributed by atoms with Crippen molar-refractivity contribution in [3.63, 3.8) is 0 Å². The maximum Gasteiger partial charge on any atom is 0.269 e. The molecule has 0 aliphatic heterocycles. The summed E-state index contributed by atoms with van der Waals surface area (Å²) in [6.07, 6.45) is 1.01. The second-order valence-corrected chi connectivity index (χ2v) is 7.36. The van der Waals surface area contributed by atoms with Crippen LogP contribution in [-0.2, 0) is 6.54 Å². The molecule has 1 heterocycles. The summed E-state index contributed by atoms with van der Waals surface area (Å²) in [4.78, 5) is 12.2. The molecule has 0 saturated heterocycles. The number of hydrogen-bond acceptors (Lipinski definition) is 4. The maximum absolute atomic E-state index is 12.2. The molecule has 0 atom stereocenters. The van der Waals surface area contributed by atoms with Crippen molar-refractivity contribution < 1.29 is 4.79 Å². The zero-order valence-electron chi connectivity index (χ0n) is 16.0. The minimum Gasteiger partial charge on any atom is -0.361 e. The van der Waals surface area contributed by atoms with Crippen molar-refractivity contribution in [3.05, 3.63) is 59.7 Å². The summed E-state index contributed by atoms with van der Waals surface area (Å²) in [6, 6.07) is 15.2. The van der Waals surface area contributed by atoms with Crippen LogP contribution in [0.5, 0.6) is 0 Å². The first-order valence-corrected chi connectivity index (χ1v) is 9.65. The molecule has 2 aromatic carbocycles. The summed E-state index contributed by atoms with van der Waals surface area (Å²) in [5.74, 6) is 0.352. The second-order valence-electron chi connectivity index (χ2n) is 6.95. The number of hydrazine groups is 1. The topological polar surface area (TPSA) is 83.9 Å². The Hall–Kier alpha value is -3.00. The Labute approximate surface area is 169 Å². The Morgan fingerprint density at radius 2 is 1.86 bits per heavy atom. The van der Waals surface area contributed by atoms with Gasteiger partial charge < -0.3 is 5.32 Å². The molecule has 3 N–H and O–H groups in total. The molecule has 0 bridgehead atoms. The molecule has 3 rings (SSSR count). The fraction of sp³-hybridized carbons (Fsp3) is 0.300. The first-order chi connectivity index (χ1) is 13.5. The van der Waals surface area contributed by atoms with Crippen LogP contribution in [0.25, 0.3) is 11.0 Å². The van der Waals surface area contributed by atoms with Gasteiger partial charge in [-0.15, -0.1) is 5.10 Å². The minimum atomic E-state index is -0.245. The van der Waals surface area contributed by atoms with Crippen LogP contribution in [0, 0.1) is 5.92 Å². The van der Waals surface area contributed by atoms with Crippen LogP contribution in [0.1, 0.15) is 36.2 Å². The smallest absolute Gasteiger partial charge is 0.269 e. The van der Waals surface area contributed by atoms with Crippen LogP contribution in [0.2, 0.25) is 0 Å². The van der Waals surface area contributed by atoms with E-state index in [2.05, 4.69) is 40.3 Å². The molecule has 8 heteroatoms. The quantitative estimate of drug-likeness (QED) is 0.439. The molecule has 0 aliphatic rings. The van der Waals surface area contributed by atoms with Crippen molar-refractivity contribution in [2.75, 3.05) is 6.54 Å². The first-order valence-electron chi connectivity index (χ1n) is 9.24. The molecule has 7 nitrogen and oxygen atoms in total. The van der Waals surface area contributed by atoms with Gasteiger partial charge in [-0.25, -0.2) is 4.68 Å². The van der Waals surface area contributed by atoms with Crippen LogP contribution < -0.4 is 16.2 Å². The lowest BCUT2D eigenvalue weighted by molar-refractivity contribution is 0.0943. The van der Waals surface area contributed by atoms with Crippen molar-refractivity contribution >= 4 is 34.3 Å². The highest BCUT2D eigenvalue weighted by Crippen LogP contribution is 2.12. The zero-order chi connectivity index (χ0) is 19.9. The van der Waals surface area contributed by atoms with Gasteiger partial charge in [0, 0.05) is 12.1 Å². The van der Waals surface area contributed by atoms with Gasteiger partial charge in [0.25, 0.3) is 5.91 Å². The third-order valence-corrected chi connectivity index (χ3v) is 4.51. The van der Waals surface area contributed by atoms with Crippen LogP contribution in [0.15, 0.2) is 48.5 Å². The fourth-order valence-electron chi connectivity index (χ4n) is 2.67. The average Bonchev–Trinajstić information content (AvgIpc) is 3.09. The summed E-state index contributed by atoms with van der Waals surface area (Å²) in [5, 5.41) is 11.8. The van der Waals surface area contributed by atoms with E-state index < -0.39 is 0 Å². The van der Waals surface area contributed by atoms with Gasteiger partial charge in [0.1, 0.15) is 5.52 Å². The van der Waals surface area contributed by atoms with Crippen LogP contribution in [-0.4, -0.2) is 32.6 Å². The molecule has 0 fully saturated rings. The van der Waals surface area contributed by atoms with Gasteiger partial charge >= 0.3 is 0 Å². The van der Waals surface area contributed by atoms with Crippen LogP contribution >= 0.6 is 12.2 Å². The average molecular weight is 397 g/mol. The number of carbonyl (C=O) groups is 1. The number of rotatable bonds is 6. The van der Waals surface area contributed by atoms with Gasteiger partial charge in [0.05, 0.1) is 12.1 Å². The van der Waals surface area contributed by atoms with Crippen molar-refractivity contribution in [2.45, 2.75) is 26.8 Å². The van der Waals surface area contributed by atoms with E-state index in [1.165, 1.54) is 0 Å². The second kappa shape index (κ2) is 9.27. The van der Waals surface area contributed by atoms with Gasteiger partial charge in [-0.1, -0.05) is 43.3 Å². The van der Waals surface area contributed by atoms with Crippen LogP contribution in [0.4, 0.5) is 0 Å². The number of benzene rings is 2. The number of aromatic nitrogens is 3. The molecular formula is C20H24N6OS. The fourth-order valence-corrected chi connectivity index (χ4v) is 2.83. The summed E-state index contributed by atoms with van der Waals surface area (Å²) < 4.78 is 1.84. The van der Waals surface area contributed by atoms with Crippen molar-refractivity contribution in [2.24, 2.45) is 5.92 Å². The van der Waals surface area contributed by atoms with E-state index in [4.69, 9.17) is 12.2 Å². The lowest BCUT2D eigenvalue weighted by Gasteiger charge is -2.12. The van der Waals surface area contributed by atoms with E-state index in [9.17, 15) is 4.79 Å². The standard InChI is InChI=1S/C20H24N6OS/c1-14(2)11-12-21-20(28)24-23-19(27)16-9-7-15(8-10-16)13-26-18-6-4-3-5-17(18)22-25-26/h3-10,14H,11-13H2,1-2H3,(H,23,27)(H2,21,24,28). The van der Waals surface area contributed by atoms with Gasteiger partial charge in [0.15, 0.2) is 5.11 Å². The molecule has 1 aromatic heterocycles. The number of amides is 1. The summed E-state index contributed by atoms with van der Waals surface area (Å²) in [6.45, 7) is 5.65. The van der Waals surface area contributed by atoms with Gasteiger partial charge in [-0.3, -0.25) is 15.6 Å². The monoisotopic (exact) mass is 396 g/mol. The first kappa shape index (κ1) is 19.8. The molecule has 0 unspecified atom stereocenters. The predicted octanol–water partition coefficient (Wildman–Crippen LogP) is 2.63. The molecule has 28 heavy (non-hydrogen) atoms. The highest BCUT2D eigenvalue weighted by Gasteiger charge is 2.08. The van der Waals surface area contributed by atoms with E-state index in [-0.39, 0.29) is 5.91 Å². The lowest BCUT2D eigenvalue weighted by Crippen LogP contribution is -2.47. The molecule has 3 aromatic rings. The normalized spacial score (nSPS) is 10.8. The number of thiocarbonyl (C=S) groups is 1.